The summed E-state index contributed by atoms with van der Waals surface area (Å²) in [5, 5.41) is 8.40. The molecular weight excluding hydrogens is 518 g/mol. The SMILES string of the molecule is C=CCn1c(=O)c2cnc(Nc3ccc(N4CCC(N(C)C)CC4)cc3)nc2n1-c1cccc(S(N)(=O)=O)n1. The van der Waals surface area contributed by atoms with Crippen LogP contribution in [0.3, 0.4) is 0 Å². The molecule has 3 aromatic heterocycles. The van der Waals surface area contributed by atoms with Crippen molar-refractivity contribution in [3.63, 3.8) is 0 Å². The van der Waals surface area contributed by atoms with E-state index in [1.54, 1.807) is 12.1 Å². The zero-order valence-electron chi connectivity index (χ0n) is 21.9. The van der Waals surface area contributed by atoms with Gasteiger partial charge in [-0.2, -0.15) is 4.98 Å². The molecular formula is C26H31N9O3S. The molecule has 0 radical (unpaired) electrons. The van der Waals surface area contributed by atoms with Crippen molar-refractivity contribution in [2.45, 2.75) is 30.5 Å². The Morgan fingerprint density at radius 2 is 1.85 bits per heavy atom. The third-order valence-electron chi connectivity index (χ3n) is 6.88. The molecule has 204 valence electrons. The van der Waals surface area contributed by atoms with Crippen molar-refractivity contribution in [1.29, 1.82) is 0 Å². The second-order valence-corrected chi connectivity index (χ2v) is 11.2. The van der Waals surface area contributed by atoms with Crippen LogP contribution in [0.4, 0.5) is 17.3 Å². The van der Waals surface area contributed by atoms with E-state index in [2.05, 4.69) is 62.9 Å². The molecule has 1 aliphatic heterocycles. The standard InChI is InChI=1S/C26H31N9O3S/c1-4-14-34-25(36)21-17-28-26(31-24(21)35(34)22-6-5-7-23(30-22)39(27,37)38)29-18-8-10-20(11-9-18)33-15-12-19(13-16-33)32(2)3/h4-11,17,19H,1,12-16H2,2-3H3,(H2,27,37,38)(H,28,29,31). The maximum atomic E-state index is 13.1. The van der Waals surface area contributed by atoms with Gasteiger partial charge in [-0.25, -0.2) is 32.9 Å². The summed E-state index contributed by atoms with van der Waals surface area (Å²) in [6, 6.07) is 13.0. The van der Waals surface area contributed by atoms with Gasteiger partial charge in [-0.15, -0.1) is 6.58 Å². The Bertz CT molecular complexity index is 1670. The second-order valence-electron chi connectivity index (χ2n) is 9.65. The number of rotatable bonds is 8. The highest BCUT2D eigenvalue weighted by molar-refractivity contribution is 7.89. The molecule has 0 spiro atoms. The Kier molecular flexibility index (Phi) is 7.21. The summed E-state index contributed by atoms with van der Waals surface area (Å²) in [5.41, 5.74) is 1.85. The number of anilines is 3. The molecule has 1 fully saturated rings. The molecule has 1 aromatic carbocycles. The van der Waals surface area contributed by atoms with Crippen molar-refractivity contribution in [3.05, 3.63) is 71.7 Å². The Balaban J connectivity index is 1.45. The molecule has 0 unspecified atom stereocenters. The van der Waals surface area contributed by atoms with Crippen LogP contribution in [0.5, 0.6) is 0 Å². The van der Waals surface area contributed by atoms with E-state index in [4.69, 9.17) is 5.14 Å². The van der Waals surface area contributed by atoms with E-state index < -0.39 is 10.0 Å². The molecule has 13 heteroatoms. The van der Waals surface area contributed by atoms with Crippen LogP contribution in [0.2, 0.25) is 0 Å². The number of nitrogens with one attached hydrogen (secondary N) is 1. The predicted molar refractivity (Wildman–Crippen MR) is 151 cm³/mol. The maximum Gasteiger partial charge on any atom is 0.278 e. The average molecular weight is 550 g/mol. The Hall–Kier alpha value is -4.07. The number of nitrogens with zero attached hydrogens (tertiary/aromatic N) is 7. The summed E-state index contributed by atoms with van der Waals surface area (Å²) in [5.74, 6) is 0.441. The highest BCUT2D eigenvalue weighted by Gasteiger charge is 2.21. The van der Waals surface area contributed by atoms with Crippen LogP contribution < -0.4 is 20.9 Å². The molecule has 0 amide bonds. The first-order chi connectivity index (χ1) is 18.7. The number of sulfonamides is 1. The van der Waals surface area contributed by atoms with Crippen LogP contribution in [-0.4, -0.2) is 70.9 Å². The smallest absolute Gasteiger partial charge is 0.278 e. The zero-order valence-corrected chi connectivity index (χ0v) is 22.7. The number of pyridine rings is 1. The third kappa shape index (κ3) is 5.41. The molecule has 1 saturated heterocycles. The van der Waals surface area contributed by atoms with Crippen molar-refractivity contribution >= 4 is 38.4 Å². The number of benzene rings is 1. The lowest BCUT2D eigenvalue weighted by molar-refractivity contribution is 0.249. The molecule has 0 saturated carbocycles. The van der Waals surface area contributed by atoms with Gasteiger partial charge in [0.2, 0.25) is 5.95 Å². The van der Waals surface area contributed by atoms with Gasteiger partial charge in [-0.05, 0) is 63.3 Å². The Morgan fingerprint density at radius 1 is 1.13 bits per heavy atom. The highest BCUT2D eigenvalue weighted by Crippen LogP contribution is 2.25. The molecule has 5 rings (SSSR count). The molecule has 4 aromatic rings. The van der Waals surface area contributed by atoms with Crippen molar-refractivity contribution < 1.29 is 8.42 Å². The first-order valence-corrected chi connectivity index (χ1v) is 14.1. The monoisotopic (exact) mass is 549 g/mol. The fraction of sp³-hybridized carbons (Fsp3) is 0.308. The number of aromatic nitrogens is 5. The van der Waals surface area contributed by atoms with Gasteiger partial charge in [-0.1, -0.05) is 12.1 Å². The number of hydrogen-bond donors (Lipinski definition) is 2. The minimum absolute atomic E-state index is 0.145. The van der Waals surface area contributed by atoms with Crippen LogP contribution in [0.1, 0.15) is 12.8 Å². The highest BCUT2D eigenvalue weighted by atomic mass is 32.2. The Morgan fingerprint density at radius 3 is 2.49 bits per heavy atom. The number of piperidine rings is 1. The largest absolute Gasteiger partial charge is 0.371 e. The van der Waals surface area contributed by atoms with Gasteiger partial charge in [0.1, 0.15) is 5.39 Å². The lowest BCUT2D eigenvalue weighted by Crippen LogP contribution is -2.41. The first-order valence-electron chi connectivity index (χ1n) is 12.5. The van der Waals surface area contributed by atoms with Crippen molar-refractivity contribution in [2.24, 2.45) is 5.14 Å². The molecule has 0 atom stereocenters. The van der Waals surface area contributed by atoms with E-state index in [0.29, 0.717) is 6.04 Å². The summed E-state index contributed by atoms with van der Waals surface area (Å²) < 4.78 is 26.6. The third-order valence-corrected chi connectivity index (χ3v) is 7.69. The van der Waals surface area contributed by atoms with Gasteiger partial charge < -0.3 is 15.1 Å². The normalized spacial score (nSPS) is 14.7. The minimum atomic E-state index is -4.05. The molecule has 3 N–H and O–H groups in total. The molecule has 0 bridgehead atoms. The van der Waals surface area contributed by atoms with E-state index in [0.717, 1.165) is 37.3 Å². The van der Waals surface area contributed by atoms with Crippen LogP contribution >= 0.6 is 0 Å². The molecule has 0 aliphatic carbocycles. The first kappa shape index (κ1) is 26.5. The quantitative estimate of drug-likeness (QED) is 0.316. The summed E-state index contributed by atoms with van der Waals surface area (Å²) in [6.45, 7) is 5.88. The van der Waals surface area contributed by atoms with E-state index in [1.165, 1.54) is 27.7 Å². The van der Waals surface area contributed by atoms with Gasteiger partial charge in [0.15, 0.2) is 16.5 Å². The lowest BCUT2D eigenvalue weighted by Gasteiger charge is -2.36. The molecule has 1 aliphatic rings. The van der Waals surface area contributed by atoms with E-state index in [1.807, 2.05) is 12.1 Å². The molecule has 12 nitrogen and oxygen atoms in total. The minimum Gasteiger partial charge on any atom is -0.371 e. The molecule has 39 heavy (non-hydrogen) atoms. The number of allylic oxidation sites excluding steroid dienone is 1. The number of hydrogen-bond acceptors (Lipinski definition) is 9. The van der Waals surface area contributed by atoms with Gasteiger partial charge in [-0.3, -0.25) is 4.79 Å². The number of primary sulfonamides is 1. The van der Waals surface area contributed by atoms with Gasteiger partial charge in [0.25, 0.3) is 15.6 Å². The zero-order chi connectivity index (χ0) is 27.7. The van der Waals surface area contributed by atoms with Crippen molar-refractivity contribution in [3.8, 4) is 5.82 Å². The van der Waals surface area contributed by atoms with Crippen molar-refractivity contribution in [2.75, 3.05) is 37.4 Å². The van der Waals surface area contributed by atoms with E-state index in [-0.39, 0.29) is 39.9 Å². The number of nitrogens with two attached hydrogens (primary N) is 1. The average Bonchev–Trinajstić information content (AvgIpc) is 3.19. The fourth-order valence-electron chi connectivity index (χ4n) is 4.81. The maximum absolute atomic E-state index is 13.1. The Labute approximate surface area is 226 Å². The predicted octanol–water partition coefficient (Wildman–Crippen LogP) is 2.08. The summed E-state index contributed by atoms with van der Waals surface area (Å²) >= 11 is 0. The van der Waals surface area contributed by atoms with Gasteiger partial charge >= 0.3 is 0 Å². The van der Waals surface area contributed by atoms with E-state index in [9.17, 15) is 13.2 Å². The fourth-order valence-corrected chi connectivity index (χ4v) is 5.30. The topological polar surface area (TPSA) is 144 Å². The number of fused-ring (bicyclic) bond motifs is 1. The summed E-state index contributed by atoms with van der Waals surface area (Å²) in [4.78, 5) is 30.9. The van der Waals surface area contributed by atoms with Crippen molar-refractivity contribution in [1.82, 2.24) is 29.2 Å². The lowest BCUT2D eigenvalue weighted by atomic mass is 10.0. The van der Waals surface area contributed by atoms with E-state index >= 15 is 0 Å². The van der Waals surface area contributed by atoms with Crippen LogP contribution in [0.15, 0.2) is 71.1 Å². The molecule has 4 heterocycles. The van der Waals surface area contributed by atoms with Crippen LogP contribution in [0, 0.1) is 0 Å². The summed E-state index contributed by atoms with van der Waals surface area (Å²) in [7, 11) is 0.207. The van der Waals surface area contributed by atoms with Gasteiger partial charge in [0, 0.05) is 36.7 Å². The summed E-state index contributed by atoms with van der Waals surface area (Å²) in [6.07, 6.45) is 5.25. The van der Waals surface area contributed by atoms with Crippen LogP contribution in [-0.2, 0) is 16.6 Å². The van der Waals surface area contributed by atoms with Gasteiger partial charge in [0.05, 0.1) is 6.54 Å². The second kappa shape index (κ2) is 10.6. The van der Waals surface area contributed by atoms with Crippen LogP contribution in [0.25, 0.3) is 16.9 Å².